The highest BCUT2D eigenvalue weighted by Crippen LogP contribution is 2.34. The first-order valence-electron chi connectivity index (χ1n) is 9.94. The zero-order chi connectivity index (χ0) is 23.2. The molecule has 31 heavy (non-hydrogen) atoms. The van der Waals surface area contributed by atoms with Crippen LogP contribution in [0, 0.1) is 5.82 Å². The average molecular weight is 457 g/mol. The van der Waals surface area contributed by atoms with Gasteiger partial charge < -0.3 is 19.1 Å². The summed E-state index contributed by atoms with van der Waals surface area (Å²) >= 11 is 0. The van der Waals surface area contributed by atoms with Gasteiger partial charge in [0.05, 0.1) is 4.91 Å². The van der Waals surface area contributed by atoms with E-state index in [0.717, 1.165) is 5.56 Å². The van der Waals surface area contributed by atoms with Gasteiger partial charge in [0.25, 0.3) is 0 Å². The largest absolute Gasteiger partial charge is 0.444 e. The molecule has 0 bridgehead atoms. The van der Waals surface area contributed by atoms with Crippen LogP contribution in [0.2, 0.25) is 0 Å². The average Bonchev–Trinajstić information content (AvgIpc) is 2.55. The fourth-order valence-electron chi connectivity index (χ4n) is 3.43. The van der Waals surface area contributed by atoms with Gasteiger partial charge in [0.15, 0.2) is 0 Å². The van der Waals surface area contributed by atoms with E-state index in [2.05, 4.69) is 4.72 Å². The van der Waals surface area contributed by atoms with E-state index in [1.807, 2.05) is 0 Å². The SMILES string of the molecule is COC1NS(=O)(=O)/C(=C/c2ccc(C3CN(C(=O)OC(C)(C)C)C3)cc2F)C(C)(C)O1. The first-order chi connectivity index (χ1) is 14.2. The van der Waals surface area contributed by atoms with Crippen LogP contribution in [0.5, 0.6) is 0 Å². The van der Waals surface area contributed by atoms with Crippen molar-refractivity contribution in [1.29, 1.82) is 0 Å². The van der Waals surface area contributed by atoms with Gasteiger partial charge in [-0.25, -0.2) is 17.6 Å². The predicted octanol–water partition coefficient (Wildman–Crippen LogP) is 3.16. The second kappa shape index (κ2) is 8.16. The molecule has 0 aromatic heterocycles. The van der Waals surface area contributed by atoms with Crippen molar-refractivity contribution in [3.63, 3.8) is 0 Å². The standard InChI is InChI=1S/C21H29FN2O6S/c1-20(2,3)30-19(25)24-11-15(12-24)13-7-8-14(16(22)9-13)10-17-21(4,5)29-18(28-6)23-31(17,26)27/h7-10,15,18,23H,11-12H2,1-6H3/b17-10+. The van der Waals surface area contributed by atoms with E-state index < -0.39 is 39.5 Å². The maximum Gasteiger partial charge on any atom is 0.410 e. The predicted molar refractivity (Wildman–Crippen MR) is 113 cm³/mol. The van der Waals surface area contributed by atoms with Crippen molar-refractivity contribution in [1.82, 2.24) is 9.62 Å². The van der Waals surface area contributed by atoms with Gasteiger partial charge in [-0.3, -0.25) is 0 Å². The number of halogens is 1. The third-order valence-corrected chi connectivity index (χ3v) is 6.76. The summed E-state index contributed by atoms with van der Waals surface area (Å²) in [6, 6.07) is 4.64. The Bertz CT molecular complexity index is 994. The molecule has 1 aromatic carbocycles. The Hall–Kier alpha value is -2.01. The van der Waals surface area contributed by atoms with Crippen LogP contribution < -0.4 is 4.72 Å². The first kappa shape index (κ1) is 23.6. The lowest BCUT2D eigenvalue weighted by atomic mass is 9.91. The van der Waals surface area contributed by atoms with Crippen LogP contribution in [0.15, 0.2) is 23.1 Å². The number of ether oxygens (including phenoxy) is 3. The minimum absolute atomic E-state index is 0.00830. The fourth-order valence-corrected chi connectivity index (χ4v) is 4.93. The van der Waals surface area contributed by atoms with Crippen LogP contribution in [0.1, 0.15) is 51.7 Å². The normalized spacial score (nSPS) is 24.7. The van der Waals surface area contributed by atoms with E-state index in [-0.39, 0.29) is 16.4 Å². The van der Waals surface area contributed by atoms with Crippen LogP contribution >= 0.6 is 0 Å². The Kier molecular flexibility index (Phi) is 6.22. The van der Waals surface area contributed by atoms with Crippen molar-refractivity contribution in [2.24, 2.45) is 0 Å². The summed E-state index contributed by atoms with van der Waals surface area (Å²) in [4.78, 5) is 13.5. The lowest BCUT2D eigenvalue weighted by Crippen LogP contribution is -2.53. The number of benzene rings is 1. The number of carbonyl (C=O) groups is 1. The number of carbonyl (C=O) groups excluding carboxylic acids is 1. The zero-order valence-corrected chi connectivity index (χ0v) is 19.4. The Morgan fingerprint density at radius 2 is 1.97 bits per heavy atom. The second-order valence-corrected chi connectivity index (χ2v) is 10.9. The van der Waals surface area contributed by atoms with Crippen molar-refractivity contribution < 1.29 is 31.8 Å². The van der Waals surface area contributed by atoms with Gasteiger partial charge in [-0.05, 0) is 52.3 Å². The summed E-state index contributed by atoms with van der Waals surface area (Å²) in [7, 11) is -2.60. The van der Waals surface area contributed by atoms with E-state index in [1.165, 1.54) is 25.3 Å². The van der Waals surface area contributed by atoms with Crippen molar-refractivity contribution in [2.45, 2.75) is 58.2 Å². The highest BCUT2D eigenvalue weighted by atomic mass is 32.2. The van der Waals surface area contributed by atoms with Crippen LogP contribution in [0.3, 0.4) is 0 Å². The Labute approximate surface area is 182 Å². The lowest BCUT2D eigenvalue weighted by molar-refractivity contribution is -0.184. The van der Waals surface area contributed by atoms with Crippen LogP contribution in [0.4, 0.5) is 9.18 Å². The van der Waals surface area contributed by atoms with Crippen LogP contribution in [-0.2, 0) is 24.2 Å². The molecule has 1 unspecified atom stereocenters. The van der Waals surface area contributed by atoms with E-state index in [9.17, 15) is 17.6 Å². The molecule has 2 fully saturated rings. The molecule has 2 aliphatic rings. The summed E-state index contributed by atoms with van der Waals surface area (Å²) in [5, 5.41) is 0. The van der Waals surface area contributed by atoms with Crippen molar-refractivity contribution in [3.05, 3.63) is 40.0 Å². The monoisotopic (exact) mass is 456 g/mol. The topological polar surface area (TPSA) is 94.2 Å². The van der Waals surface area contributed by atoms with Crippen molar-refractivity contribution >= 4 is 22.2 Å². The number of sulfonamides is 1. The summed E-state index contributed by atoms with van der Waals surface area (Å²) in [5.74, 6) is -0.563. The lowest BCUT2D eigenvalue weighted by Gasteiger charge is -2.40. The number of nitrogens with zero attached hydrogens (tertiary/aromatic N) is 1. The molecule has 0 spiro atoms. The molecule has 2 aliphatic heterocycles. The van der Waals surface area contributed by atoms with E-state index in [1.54, 1.807) is 45.6 Å². The third kappa shape index (κ3) is 5.25. The molecule has 10 heteroatoms. The Morgan fingerprint density at radius 1 is 1.32 bits per heavy atom. The second-order valence-electron chi connectivity index (χ2n) is 9.19. The number of rotatable bonds is 3. The van der Waals surface area contributed by atoms with Gasteiger partial charge >= 0.3 is 6.09 Å². The minimum Gasteiger partial charge on any atom is -0.444 e. The molecule has 0 aliphatic carbocycles. The maximum atomic E-state index is 14.8. The number of hydrogen-bond donors (Lipinski definition) is 1. The summed E-state index contributed by atoms with van der Waals surface area (Å²) in [5.41, 5.74) is -0.921. The molecule has 8 nitrogen and oxygen atoms in total. The molecule has 1 atom stereocenters. The molecule has 1 amide bonds. The van der Waals surface area contributed by atoms with E-state index in [0.29, 0.717) is 13.1 Å². The smallest absolute Gasteiger partial charge is 0.410 e. The molecular formula is C21H29FN2O6S. The van der Waals surface area contributed by atoms with Crippen molar-refractivity contribution in [3.8, 4) is 0 Å². The molecule has 3 rings (SSSR count). The minimum atomic E-state index is -3.92. The van der Waals surface area contributed by atoms with Crippen LogP contribution in [0.25, 0.3) is 6.08 Å². The summed E-state index contributed by atoms with van der Waals surface area (Å²) in [6.07, 6.45) is -0.241. The van der Waals surface area contributed by atoms with Gasteiger partial charge in [0.2, 0.25) is 16.4 Å². The Morgan fingerprint density at radius 3 is 2.48 bits per heavy atom. The molecule has 2 saturated heterocycles. The Balaban J connectivity index is 1.76. The van der Waals surface area contributed by atoms with Crippen molar-refractivity contribution in [2.75, 3.05) is 20.2 Å². The quantitative estimate of drug-likeness (QED) is 0.751. The first-order valence-corrected chi connectivity index (χ1v) is 11.4. The van der Waals surface area contributed by atoms with E-state index in [4.69, 9.17) is 14.2 Å². The number of hydrogen-bond acceptors (Lipinski definition) is 6. The highest BCUT2D eigenvalue weighted by Gasteiger charge is 2.43. The number of methoxy groups -OCH3 is 1. The van der Waals surface area contributed by atoms with Gasteiger partial charge in [0.1, 0.15) is 17.0 Å². The number of likely N-dealkylation sites (tertiary alicyclic amines) is 1. The van der Waals surface area contributed by atoms with Crippen LogP contribution in [-0.4, -0.2) is 57.2 Å². The molecule has 1 N–H and O–H groups in total. The summed E-state index contributed by atoms with van der Waals surface area (Å²) < 4.78 is 58.1. The number of amides is 1. The highest BCUT2D eigenvalue weighted by molar-refractivity contribution is 7.93. The zero-order valence-electron chi connectivity index (χ0n) is 18.6. The third-order valence-electron chi connectivity index (χ3n) is 5.07. The molecule has 0 radical (unpaired) electrons. The molecule has 0 saturated carbocycles. The molecular weight excluding hydrogens is 427 g/mol. The molecule has 2 heterocycles. The van der Waals surface area contributed by atoms with Gasteiger partial charge in [0, 0.05) is 31.7 Å². The van der Waals surface area contributed by atoms with Gasteiger partial charge in [-0.1, -0.05) is 12.1 Å². The number of nitrogens with one attached hydrogen (secondary N) is 1. The fraction of sp³-hybridized carbons (Fsp3) is 0.571. The summed E-state index contributed by atoms with van der Waals surface area (Å²) in [6.45, 7) is 9.43. The molecule has 172 valence electrons. The maximum absolute atomic E-state index is 14.8. The van der Waals surface area contributed by atoms with Gasteiger partial charge in [-0.15, -0.1) is 0 Å². The van der Waals surface area contributed by atoms with E-state index >= 15 is 0 Å². The van der Waals surface area contributed by atoms with Gasteiger partial charge in [-0.2, -0.15) is 4.72 Å². The molecule has 1 aromatic rings.